The molecule has 9 nitrogen and oxygen atoms in total. The lowest BCUT2D eigenvalue weighted by Gasteiger charge is -2.25. The third-order valence-electron chi connectivity index (χ3n) is 13.4. The van der Waals surface area contributed by atoms with E-state index in [1.807, 2.05) is 21.1 Å². The Kier molecular flexibility index (Phi) is 58.0. The first-order valence-electron chi connectivity index (χ1n) is 32.3. The van der Waals surface area contributed by atoms with Gasteiger partial charge >= 0.3 is 17.9 Å². The van der Waals surface area contributed by atoms with Crippen molar-refractivity contribution in [2.24, 2.45) is 0 Å². The molecule has 0 heterocycles. The number of carbonyl (C=O) groups excluding carboxylic acids is 2. The molecule has 0 aromatic heterocycles. The van der Waals surface area contributed by atoms with E-state index in [-0.39, 0.29) is 38.6 Å². The fourth-order valence-corrected chi connectivity index (χ4v) is 8.45. The number of hydrogen-bond acceptors (Lipinski definition) is 7. The molecule has 0 bridgehead atoms. The van der Waals surface area contributed by atoms with Crippen LogP contribution in [-0.2, 0) is 33.3 Å². The molecule has 0 fully saturated rings. The zero-order valence-electron chi connectivity index (χ0n) is 52.4. The summed E-state index contributed by atoms with van der Waals surface area (Å²) in [4.78, 5) is 37.4. The molecule has 0 aliphatic heterocycles. The maximum Gasteiger partial charge on any atom is 0.361 e. The van der Waals surface area contributed by atoms with Crippen molar-refractivity contribution in [3.05, 3.63) is 134 Å². The molecule has 0 saturated heterocycles. The number of aliphatic carboxylic acids is 1. The number of esters is 2. The maximum atomic E-state index is 12.9. The van der Waals surface area contributed by atoms with Gasteiger partial charge in [-0.05, 0) is 116 Å². The Morgan fingerprint density at radius 2 is 0.704 bits per heavy atom. The molecule has 0 rings (SSSR count). The van der Waals surface area contributed by atoms with E-state index in [2.05, 4.69) is 148 Å². The molecule has 0 aromatic rings. The molecule has 1 N–H and O–H groups in total. The van der Waals surface area contributed by atoms with Gasteiger partial charge in [0.25, 0.3) is 6.29 Å². The first kappa shape index (κ1) is 76.4. The first-order chi connectivity index (χ1) is 39.6. The molecule has 460 valence electrons. The van der Waals surface area contributed by atoms with Gasteiger partial charge in [0, 0.05) is 12.8 Å². The number of carboxylic acid groups (broad SMARTS) is 1. The normalized spacial score (nSPS) is 13.6. The van der Waals surface area contributed by atoms with Crippen LogP contribution in [0.15, 0.2) is 134 Å². The second-order valence-electron chi connectivity index (χ2n) is 22.3. The summed E-state index contributed by atoms with van der Waals surface area (Å²) in [7, 11) is 5.96. The van der Waals surface area contributed by atoms with Gasteiger partial charge in [-0.1, -0.05) is 250 Å². The summed E-state index contributed by atoms with van der Waals surface area (Å²) in [6.45, 7) is 4.73. The third-order valence-corrected chi connectivity index (χ3v) is 13.4. The van der Waals surface area contributed by atoms with Crippen molar-refractivity contribution in [2.75, 3.05) is 47.5 Å². The molecule has 0 amide bonds. The molecule has 9 heteroatoms. The zero-order chi connectivity index (χ0) is 59.1. The average molecular weight is 1130 g/mol. The molecule has 0 aliphatic rings. The van der Waals surface area contributed by atoms with Crippen LogP contribution in [0.2, 0.25) is 0 Å². The monoisotopic (exact) mass is 1130 g/mol. The van der Waals surface area contributed by atoms with Gasteiger partial charge in [0.1, 0.15) is 13.2 Å². The highest BCUT2D eigenvalue weighted by atomic mass is 16.7. The quantitative estimate of drug-likeness (QED) is 0.0211. The van der Waals surface area contributed by atoms with E-state index in [0.717, 1.165) is 128 Å². The summed E-state index contributed by atoms with van der Waals surface area (Å²) in [5.41, 5.74) is 0. The predicted molar refractivity (Wildman–Crippen MR) is 345 cm³/mol. The Morgan fingerprint density at radius 1 is 0.383 bits per heavy atom. The SMILES string of the molecule is CC/C=C\C/C=C\C/C=C\C/C=C\C/C=C\C/C=C\C/C=C\C/C=C\C/C=C\C/C=C\CCCCCCCCCCCCC(=O)OC(COC(=O)CCCCCCC/C=C\CCCCCCCC)COC(OCC[N+](C)(C)C)C(=O)O. The molecular weight excluding hydrogens is 1010 g/mol. The number of likely N-dealkylation sites (N-methyl/N-ethyl adjacent to an activating group) is 1. The third kappa shape index (κ3) is 62.9. The molecule has 0 spiro atoms. The van der Waals surface area contributed by atoms with E-state index in [0.29, 0.717) is 17.4 Å². The van der Waals surface area contributed by atoms with E-state index < -0.39 is 24.3 Å². The lowest BCUT2D eigenvalue weighted by Crippen LogP contribution is -2.40. The molecule has 0 aliphatic carbocycles. The van der Waals surface area contributed by atoms with Crippen molar-refractivity contribution in [3.63, 3.8) is 0 Å². The van der Waals surface area contributed by atoms with Gasteiger partial charge in [-0.15, -0.1) is 0 Å². The maximum absolute atomic E-state index is 12.9. The summed E-state index contributed by atoms with van der Waals surface area (Å²) < 4.78 is 22.9. The van der Waals surface area contributed by atoms with Crippen LogP contribution in [0.5, 0.6) is 0 Å². The average Bonchev–Trinajstić information content (AvgIpc) is 3.44. The van der Waals surface area contributed by atoms with Crippen LogP contribution < -0.4 is 0 Å². The van der Waals surface area contributed by atoms with Crippen LogP contribution in [0.1, 0.15) is 245 Å². The van der Waals surface area contributed by atoms with Crippen molar-refractivity contribution in [2.45, 2.75) is 257 Å². The number of quaternary nitrogens is 1. The van der Waals surface area contributed by atoms with Gasteiger partial charge in [0.2, 0.25) is 0 Å². The highest BCUT2D eigenvalue weighted by Crippen LogP contribution is 2.15. The summed E-state index contributed by atoms with van der Waals surface area (Å²) in [6, 6.07) is 0. The molecule has 0 aromatic carbocycles. The lowest BCUT2D eigenvalue weighted by molar-refractivity contribution is -0.870. The topological polar surface area (TPSA) is 108 Å². The van der Waals surface area contributed by atoms with Crippen molar-refractivity contribution in [1.82, 2.24) is 0 Å². The second-order valence-corrected chi connectivity index (χ2v) is 22.3. The number of hydrogen-bond donors (Lipinski definition) is 1. The van der Waals surface area contributed by atoms with Crippen molar-refractivity contribution in [3.8, 4) is 0 Å². The number of unbranched alkanes of at least 4 members (excludes halogenated alkanes) is 21. The smallest absolute Gasteiger partial charge is 0.361 e. The second kappa shape index (κ2) is 61.5. The van der Waals surface area contributed by atoms with Crippen LogP contribution in [-0.4, -0.2) is 87.4 Å². The van der Waals surface area contributed by atoms with Crippen molar-refractivity contribution in [1.29, 1.82) is 0 Å². The first-order valence-corrected chi connectivity index (χ1v) is 32.3. The number of carbonyl (C=O) groups is 3. The fraction of sp³-hybridized carbons (Fsp3) is 0.653. The Labute approximate surface area is 497 Å². The molecule has 2 unspecified atom stereocenters. The van der Waals surface area contributed by atoms with Gasteiger partial charge in [-0.2, -0.15) is 0 Å². The van der Waals surface area contributed by atoms with Gasteiger partial charge < -0.3 is 28.5 Å². The minimum Gasteiger partial charge on any atom is -0.477 e. The van der Waals surface area contributed by atoms with Crippen LogP contribution in [0.4, 0.5) is 0 Å². The highest BCUT2D eigenvalue weighted by Gasteiger charge is 2.25. The van der Waals surface area contributed by atoms with Gasteiger partial charge in [0.15, 0.2) is 6.10 Å². The van der Waals surface area contributed by atoms with E-state index in [1.54, 1.807) is 0 Å². The minimum absolute atomic E-state index is 0.180. The molecule has 2 atom stereocenters. The Bertz CT molecular complexity index is 1790. The van der Waals surface area contributed by atoms with Gasteiger partial charge in [-0.25, -0.2) is 4.79 Å². The lowest BCUT2D eigenvalue weighted by atomic mass is 10.0. The number of carboxylic acids is 1. The van der Waals surface area contributed by atoms with E-state index in [9.17, 15) is 19.5 Å². The zero-order valence-corrected chi connectivity index (χ0v) is 52.4. The standard InChI is InChI=1S/C72H119NO8/c1-6-8-10-12-14-16-18-20-22-23-24-25-26-27-28-29-30-31-32-33-34-35-36-37-38-39-40-41-42-43-44-45-46-47-49-51-53-55-57-59-61-63-70(75)81-68(67-80-72(71(76)77)78-65-64-73(3,4)5)66-79-69(74)62-60-58-56-54-52-50-48-21-19-17-15-13-11-9-7-2/h8,10,14,16,20-22,24-25,27-28,30-31,33-34,36-37,39-40,42-43,48,68,72H,6-7,9,11-13,15,17-19,23,26,29,32,35,38,41,44-47,49-67H2,1-5H3/p+1/b10-8-,16-14-,22-20-,25-24-,28-27-,31-30-,34-33-,37-36-,40-39-,43-42-,48-21-. The fourth-order valence-electron chi connectivity index (χ4n) is 8.45. The largest absolute Gasteiger partial charge is 0.477 e. The van der Waals surface area contributed by atoms with E-state index in [4.69, 9.17) is 18.9 Å². The Morgan fingerprint density at radius 3 is 1.06 bits per heavy atom. The molecular formula is C72H120NO8+. The summed E-state index contributed by atoms with van der Waals surface area (Å²) in [6.07, 6.45) is 85.5. The van der Waals surface area contributed by atoms with E-state index in [1.165, 1.54) is 83.5 Å². The number of allylic oxidation sites excluding steroid dienone is 22. The number of ether oxygens (including phenoxy) is 4. The Balaban J connectivity index is 4.14. The predicted octanol–water partition coefficient (Wildman–Crippen LogP) is 19.8. The molecule has 0 radical (unpaired) electrons. The van der Waals surface area contributed by atoms with Crippen molar-refractivity contribution < 1.29 is 42.9 Å². The van der Waals surface area contributed by atoms with Crippen LogP contribution in [0, 0.1) is 0 Å². The van der Waals surface area contributed by atoms with Gasteiger partial charge in [-0.3, -0.25) is 9.59 Å². The molecule has 81 heavy (non-hydrogen) atoms. The minimum atomic E-state index is -1.52. The van der Waals surface area contributed by atoms with Crippen LogP contribution in [0.3, 0.4) is 0 Å². The number of rotatable bonds is 58. The van der Waals surface area contributed by atoms with Crippen LogP contribution >= 0.6 is 0 Å². The summed E-state index contributed by atoms with van der Waals surface area (Å²) in [5, 5.41) is 9.71. The number of nitrogens with zero attached hydrogens (tertiary/aromatic N) is 1. The molecule has 0 saturated carbocycles. The summed E-state index contributed by atoms with van der Waals surface area (Å²) in [5.74, 6) is -2.03. The van der Waals surface area contributed by atoms with Crippen molar-refractivity contribution >= 4 is 17.9 Å². The highest BCUT2D eigenvalue weighted by molar-refractivity contribution is 5.71. The Hall–Kier alpha value is -4.57. The van der Waals surface area contributed by atoms with E-state index >= 15 is 0 Å². The van der Waals surface area contributed by atoms with Gasteiger partial charge in [0.05, 0.1) is 34.4 Å². The van der Waals surface area contributed by atoms with Crippen LogP contribution in [0.25, 0.3) is 0 Å². The summed E-state index contributed by atoms with van der Waals surface area (Å²) >= 11 is 0.